The number of hydrogen-bond donors (Lipinski definition) is 2. The Hall–Kier alpha value is -2.64. The van der Waals surface area contributed by atoms with E-state index in [2.05, 4.69) is 15.3 Å². The zero-order valence-electron chi connectivity index (χ0n) is 9.90. The topological polar surface area (TPSA) is 75.1 Å². The fourth-order valence-corrected chi connectivity index (χ4v) is 1.51. The molecular formula is C12H8F3N3O2. The van der Waals surface area contributed by atoms with E-state index in [0.717, 1.165) is 12.5 Å². The lowest BCUT2D eigenvalue weighted by Crippen LogP contribution is -2.11. The van der Waals surface area contributed by atoms with Gasteiger partial charge in [-0.3, -0.25) is 0 Å². The number of hydrogen-bond acceptors (Lipinski definition) is 4. The minimum absolute atomic E-state index is 0.0941. The first-order valence-electron chi connectivity index (χ1n) is 5.39. The van der Waals surface area contributed by atoms with Crippen LogP contribution >= 0.6 is 0 Å². The maximum absolute atomic E-state index is 13.4. The van der Waals surface area contributed by atoms with E-state index in [1.54, 1.807) is 0 Å². The van der Waals surface area contributed by atoms with Crippen LogP contribution in [0.2, 0.25) is 0 Å². The highest BCUT2D eigenvalue weighted by Gasteiger charge is 2.13. The van der Waals surface area contributed by atoms with Crippen LogP contribution in [0.4, 0.5) is 18.9 Å². The molecule has 0 spiro atoms. The number of halogens is 3. The third-order valence-electron chi connectivity index (χ3n) is 2.48. The molecule has 0 bridgehead atoms. The van der Waals surface area contributed by atoms with Gasteiger partial charge in [0.25, 0.3) is 0 Å². The van der Waals surface area contributed by atoms with E-state index < -0.39 is 23.4 Å². The van der Waals surface area contributed by atoms with E-state index in [0.29, 0.717) is 12.1 Å². The zero-order valence-corrected chi connectivity index (χ0v) is 9.90. The lowest BCUT2D eigenvalue weighted by Gasteiger charge is -2.09. The lowest BCUT2D eigenvalue weighted by atomic mass is 10.2. The van der Waals surface area contributed by atoms with Crippen molar-refractivity contribution in [3.05, 3.63) is 53.4 Å². The van der Waals surface area contributed by atoms with Gasteiger partial charge in [0, 0.05) is 18.3 Å². The fourth-order valence-electron chi connectivity index (χ4n) is 1.51. The van der Waals surface area contributed by atoms with Crippen molar-refractivity contribution < 1.29 is 23.1 Å². The van der Waals surface area contributed by atoms with Crippen molar-refractivity contribution in [3.8, 4) is 0 Å². The summed E-state index contributed by atoms with van der Waals surface area (Å²) in [4.78, 5) is 18.2. The largest absolute Gasteiger partial charge is 0.478 e. The summed E-state index contributed by atoms with van der Waals surface area (Å²) < 4.78 is 39.1. The SMILES string of the molecule is O=C(O)c1cncnc1CNc1cc(F)c(F)cc1F. The Morgan fingerprint density at radius 1 is 1.20 bits per heavy atom. The Bertz CT molecular complexity index is 664. The van der Waals surface area contributed by atoms with Gasteiger partial charge in [-0.1, -0.05) is 0 Å². The van der Waals surface area contributed by atoms with Crippen molar-refractivity contribution in [2.24, 2.45) is 0 Å². The van der Waals surface area contributed by atoms with Gasteiger partial charge in [0.2, 0.25) is 0 Å². The lowest BCUT2D eigenvalue weighted by molar-refractivity contribution is 0.0694. The van der Waals surface area contributed by atoms with Crippen LogP contribution in [0.25, 0.3) is 0 Å². The summed E-state index contributed by atoms with van der Waals surface area (Å²) in [6.45, 7) is -0.174. The molecule has 0 aliphatic rings. The van der Waals surface area contributed by atoms with Crippen LogP contribution in [0, 0.1) is 17.5 Å². The number of aromatic nitrogens is 2. The monoisotopic (exact) mass is 283 g/mol. The van der Waals surface area contributed by atoms with E-state index in [9.17, 15) is 18.0 Å². The molecule has 0 saturated heterocycles. The van der Waals surface area contributed by atoms with Gasteiger partial charge in [-0.15, -0.1) is 0 Å². The molecule has 5 nitrogen and oxygen atoms in total. The van der Waals surface area contributed by atoms with Gasteiger partial charge in [-0.2, -0.15) is 0 Å². The van der Waals surface area contributed by atoms with Crippen molar-refractivity contribution in [2.45, 2.75) is 6.54 Å². The van der Waals surface area contributed by atoms with Gasteiger partial charge in [0.15, 0.2) is 11.6 Å². The number of nitrogens with zero attached hydrogens (tertiary/aromatic N) is 2. The standard InChI is InChI=1S/C12H8F3N3O2/c13-7-1-9(15)10(2-8(7)14)17-4-11-6(12(19)20)3-16-5-18-11/h1-3,5,17H,4H2,(H,19,20). The predicted octanol–water partition coefficient (Wildman–Crippen LogP) is 2.20. The second kappa shape index (κ2) is 5.55. The minimum Gasteiger partial charge on any atom is -0.478 e. The summed E-state index contributed by atoms with van der Waals surface area (Å²) in [5.41, 5.74) is -0.363. The van der Waals surface area contributed by atoms with Gasteiger partial charge in [-0.05, 0) is 0 Å². The first kappa shape index (κ1) is 13.8. The Morgan fingerprint density at radius 3 is 2.60 bits per heavy atom. The van der Waals surface area contributed by atoms with Crippen molar-refractivity contribution in [1.82, 2.24) is 9.97 Å². The third kappa shape index (κ3) is 2.85. The van der Waals surface area contributed by atoms with Gasteiger partial charge >= 0.3 is 5.97 Å². The number of carboxylic acids is 1. The minimum atomic E-state index is -1.30. The molecule has 2 rings (SSSR count). The van der Waals surface area contributed by atoms with Crippen LogP contribution in [0.3, 0.4) is 0 Å². The number of anilines is 1. The highest BCUT2D eigenvalue weighted by Crippen LogP contribution is 2.19. The van der Waals surface area contributed by atoms with E-state index in [-0.39, 0.29) is 23.5 Å². The molecule has 8 heteroatoms. The maximum Gasteiger partial charge on any atom is 0.339 e. The van der Waals surface area contributed by atoms with Gasteiger partial charge in [0.05, 0.1) is 17.9 Å². The maximum atomic E-state index is 13.4. The Kier molecular flexibility index (Phi) is 3.83. The van der Waals surface area contributed by atoms with Crippen molar-refractivity contribution in [1.29, 1.82) is 0 Å². The molecule has 0 aliphatic carbocycles. The first-order valence-corrected chi connectivity index (χ1v) is 5.39. The average Bonchev–Trinajstić information content (AvgIpc) is 2.41. The highest BCUT2D eigenvalue weighted by molar-refractivity contribution is 5.88. The van der Waals surface area contributed by atoms with Gasteiger partial charge in [-0.25, -0.2) is 27.9 Å². The molecule has 0 saturated carbocycles. The normalized spacial score (nSPS) is 10.3. The number of carbonyl (C=O) groups is 1. The van der Waals surface area contributed by atoms with Crippen LogP contribution in [0.15, 0.2) is 24.7 Å². The van der Waals surface area contributed by atoms with Crippen LogP contribution in [-0.2, 0) is 6.54 Å². The van der Waals surface area contributed by atoms with Crippen molar-refractivity contribution >= 4 is 11.7 Å². The third-order valence-corrected chi connectivity index (χ3v) is 2.48. The molecule has 2 N–H and O–H groups in total. The van der Waals surface area contributed by atoms with Crippen molar-refractivity contribution in [3.63, 3.8) is 0 Å². The van der Waals surface area contributed by atoms with Crippen LogP contribution in [0.5, 0.6) is 0 Å². The van der Waals surface area contributed by atoms with Crippen molar-refractivity contribution in [2.75, 3.05) is 5.32 Å². The number of benzene rings is 1. The molecule has 0 atom stereocenters. The zero-order chi connectivity index (χ0) is 14.7. The van der Waals surface area contributed by atoms with Gasteiger partial charge < -0.3 is 10.4 Å². The van der Waals surface area contributed by atoms with E-state index in [1.807, 2.05) is 0 Å². The summed E-state index contributed by atoms with van der Waals surface area (Å²) in [6, 6.07) is 1.04. The predicted molar refractivity (Wildman–Crippen MR) is 62.6 cm³/mol. The molecule has 20 heavy (non-hydrogen) atoms. The summed E-state index contributed by atoms with van der Waals surface area (Å²) in [6.07, 6.45) is 2.22. The Balaban J connectivity index is 2.21. The molecule has 104 valence electrons. The van der Waals surface area contributed by atoms with Crippen LogP contribution in [-0.4, -0.2) is 21.0 Å². The molecule has 0 aliphatic heterocycles. The smallest absolute Gasteiger partial charge is 0.339 e. The Labute approximate surface area is 111 Å². The van der Waals surface area contributed by atoms with Crippen LogP contribution in [0.1, 0.15) is 16.1 Å². The first-order chi connectivity index (χ1) is 9.49. The molecule has 1 aromatic heterocycles. The second-order valence-corrected chi connectivity index (χ2v) is 3.79. The molecule has 0 amide bonds. The molecule has 0 radical (unpaired) electrons. The van der Waals surface area contributed by atoms with E-state index in [1.165, 1.54) is 0 Å². The molecule has 2 aromatic rings. The van der Waals surface area contributed by atoms with Gasteiger partial charge in [0.1, 0.15) is 17.7 Å². The number of rotatable bonds is 4. The summed E-state index contributed by atoms with van der Waals surface area (Å²) in [5, 5.41) is 11.4. The number of carboxylic acid groups (broad SMARTS) is 1. The second-order valence-electron chi connectivity index (χ2n) is 3.79. The quantitative estimate of drug-likeness (QED) is 0.841. The fraction of sp³-hybridized carbons (Fsp3) is 0.0833. The number of aromatic carboxylic acids is 1. The number of nitrogens with one attached hydrogen (secondary N) is 1. The molecule has 0 unspecified atom stereocenters. The van der Waals surface area contributed by atoms with E-state index in [4.69, 9.17) is 5.11 Å². The summed E-state index contributed by atoms with van der Waals surface area (Å²) >= 11 is 0. The molecule has 1 heterocycles. The summed E-state index contributed by atoms with van der Waals surface area (Å²) in [7, 11) is 0. The highest BCUT2D eigenvalue weighted by atomic mass is 19.2. The molecular weight excluding hydrogens is 275 g/mol. The molecule has 0 fully saturated rings. The Morgan fingerprint density at radius 2 is 1.90 bits per heavy atom. The summed E-state index contributed by atoms with van der Waals surface area (Å²) in [5.74, 6) is -4.75. The van der Waals surface area contributed by atoms with Crippen LogP contribution < -0.4 is 5.32 Å². The van der Waals surface area contributed by atoms with E-state index >= 15 is 0 Å². The average molecular weight is 283 g/mol. The molecule has 1 aromatic carbocycles.